The van der Waals surface area contributed by atoms with E-state index in [0.717, 1.165) is 12.1 Å². The van der Waals surface area contributed by atoms with E-state index >= 15 is 0 Å². The zero-order chi connectivity index (χ0) is 28.2. The second-order valence-electron chi connectivity index (χ2n) is 8.31. The number of rotatable bonds is 7. The van der Waals surface area contributed by atoms with Crippen LogP contribution in [-0.2, 0) is 4.79 Å². The van der Waals surface area contributed by atoms with Crippen LogP contribution in [0.1, 0.15) is 13.3 Å². The fourth-order valence-corrected chi connectivity index (χ4v) is 3.63. The number of alkyl halides is 3. The quantitative estimate of drug-likeness (QED) is 0.359. The molecule has 1 aliphatic rings. The molecule has 1 atom stereocenters. The molecule has 0 fully saturated rings. The molecular formula is C24H20ClF3N6O5. The number of hydrogen-bond donors (Lipinski definition) is 3. The molecule has 15 heteroatoms. The number of hydrogen-bond acceptors (Lipinski definition) is 8. The van der Waals surface area contributed by atoms with Crippen LogP contribution in [0.5, 0.6) is 11.5 Å². The van der Waals surface area contributed by atoms with Crippen LogP contribution in [0.25, 0.3) is 11.4 Å². The first-order valence-electron chi connectivity index (χ1n) is 11.2. The van der Waals surface area contributed by atoms with Gasteiger partial charge >= 0.3 is 17.7 Å². The molecule has 1 aromatic heterocycles. The zero-order valence-corrected chi connectivity index (χ0v) is 21.1. The first kappa shape index (κ1) is 27.4. The van der Waals surface area contributed by atoms with E-state index in [1.165, 1.54) is 13.1 Å². The lowest BCUT2D eigenvalue weighted by Crippen LogP contribution is -2.34. The second-order valence-corrected chi connectivity index (χ2v) is 8.63. The maximum atomic E-state index is 12.8. The fourth-order valence-electron chi connectivity index (χ4n) is 3.52. The van der Waals surface area contributed by atoms with Crippen LogP contribution in [0.3, 0.4) is 0 Å². The lowest BCUT2D eigenvalue weighted by molar-refractivity contribution is -0.274. The van der Waals surface area contributed by atoms with Gasteiger partial charge in [0.05, 0.1) is 0 Å². The Balaban J connectivity index is 1.44. The molecule has 39 heavy (non-hydrogen) atoms. The first-order valence-corrected chi connectivity index (χ1v) is 11.5. The van der Waals surface area contributed by atoms with Crippen molar-refractivity contribution < 1.29 is 36.8 Å². The third-order valence-electron chi connectivity index (χ3n) is 5.15. The molecule has 2 aromatic carbocycles. The molecule has 0 aliphatic carbocycles. The molecule has 1 unspecified atom stereocenters. The molecule has 0 bridgehead atoms. The predicted octanol–water partition coefficient (Wildman–Crippen LogP) is 5.17. The zero-order valence-electron chi connectivity index (χ0n) is 20.3. The molecule has 0 spiro atoms. The summed E-state index contributed by atoms with van der Waals surface area (Å²) in [6.45, 7) is 1.80. The minimum Gasteiger partial charge on any atom is -0.483 e. The highest BCUT2D eigenvalue weighted by atomic mass is 35.5. The van der Waals surface area contributed by atoms with E-state index in [0.29, 0.717) is 17.9 Å². The van der Waals surface area contributed by atoms with E-state index in [4.69, 9.17) is 16.3 Å². The van der Waals surface area contributed by atoms with Gasteiger partial charge in [-0.05, 0) is 61.0 Å². The Kier molecular flexibility index (Phi) is 7.76. The number of nitrogens with one attached hydrogen (secondary N) is 3. The summed E-state index contributed by atoms with van der Waals surface area (Å²) in [5.74, 6) is -0.601. The molecule has 1 aliphatic heterocycles. The lowest BCUT2D eigenvalue weighted by atomic mass is 9.98. The number of halogens is 4. The molecule has 0 saturated carbocycles. The average molecular weight is 565 g/mol. The largest absolute Gasteiger partial charge is 0.573 e. The smallest absolute Gasteiger partial charge is 0.483 e. The Morgan fingerprint density at radius 3 is 2.44 bits per heavy atom. The maximum absolute atomic E-state index is 12.8. The van der Waals surface area contributed by atoms with Gasteiger partial charge in [0.2, 0.25) is 5.82 Å². The highest BCUT2D eigenvalue weighted by molar-refractivity contribution is 6.27. The summed E-state index contributed by atoms with van der Waals surface area (Å²) >= 11 is 5.60. The van der Waals surface area contributed by atoms with Crippen molar-refractivity contribution in [1.29, 1.82) is 0 Å². The van der Waals surface area contributed by atoms with Crippen LogP contribution in [0.2, 0.25) is 5.35 Å². The molecule has 3 aromatic rings. The molecule has 0 radical (unpaired) electrons. The molecular weight excluding hydrogens is 545 g/mol. The van der Waals surface area contributed by atoms with E-state index in [1.54, 1.807) is 43.5 Å². The van der Waals surface area contributed by atoms with Crippen molar-refractivity contribution in [3.63, 3.8) is 0 Å². The number of urea groups is 1. The number of benzene rings is 2. The van der Waals surface area contributed by atoms with Crippen molar-refractivity contribution in [2.75, 3.05) is 17.7 Å². The van der Waals surface area contributed by atoms with Crippen molar-refractivity contribution in [2.45, 2.75) is 25.3 Å². The summed E-state index contributed by atoms with van der Waals surface area (Å²) in [5.41, 5.74) is -0.212. The number of ether oxygens (including phenoxy) is 2. The fraction of sp³-hybridized carbons (Fsp3) is 0.208. The van der Waals surface area contributed by atoms with E-state index in [1.807, 2.05) is 0 Å². The third-order valence-corrected chi connectivity index (χ3v) is 5.30. The van der Waals surface area contributed by atoms with Gasteiger partial charge in [-0.25, -0.2) is 4.79 Å². The van der Waals surface area contributed by atoms with Crippen LogP contribution in [0.15, 0.2) is 63.8 Å². The van der Waals surface area contributed by atoms with Crippen molar-refractivity contribution in [1.82, 2.24) is 15.5 Å². The molecule has 3 amide bonds. The second kappa shape index (κ2) is 11.0. The number of nitrogens with zero attached hydrogens (tertiary/aromatic N) is 3. The third kappa shape index (κ3) is 7.47. The topological polar surface area (TPSA) is 140 Å². The van der Waals surface area contributed by atoms with Crippen LogP contribution in [-0.4, -0.2) is 47.3 Å². The number of likely N-dealkylation sites (N-methyl/N-ethyl adjacent to an activating group) is 1. The number of anilines is 2. The van der Waals surface area contributed by atoms with Gasteiger partial charge in [0.25, 0.3) is 5.91 Å². The Bertz CT molecular complexity index is 1440. The predicted molar refractivity (Wildman–Crippen MR) is 135 cm³/mol. The van der Waals surface area contributed by atoms with Crippen molar-refractivity contribution in [3.05, 3.63) is 59.6 Å². The lowest BCUT2D eigenvalue weighted by Gasteiger charge is -2.29. The summed E-state index contributed by atoms with van der Waals surface area (Å²) in [7, 11) is 1.50. The van der Waals surface area contributed by atoms with Crippen molar-refractivity contribution >= 4 is 41.1 Å². The molecule has 2 heterocycles. The summed E-state index contributed by atoms with van der Waals surface area (Å²) < 4.78 is 53.1. The number of carbonyl (C=O) groups is 2. The summed E-state index contributed by atoms with van der Waals surface area (Å²) in [5, 5.41) is 10.7. The van der Waals surface area contributed by atoms with Gasteiger partial charge in [-0.3, -0.25) is 9.79 Å². The Labute approximate surface area is 224 Å². The first-order chi connectivity index (χ1) is 18.4. The summed E-state index contributed by atoms with van der Waals surface area (Å²) in [6, 6.07) is 8.90. The molecule has 11 nitrogen and oxygen atoms in total. The van der Waals surface area contributed by atoms with Crippen LogP contribution < -0.4 is 25.4 Å². The van der Waals surface area contributed by atoms with Gasteiger partial charge in [-0.2, -0.15) is 4.98 Å². The normalized spacial score (nSPS) is 16.7. The Hall–Kier alpha value is -4.59. The van der Waals surface area contributed by atoms with Crippen LogP contribution in [0, 0.1) is 0 Å². The van der Waals surface area contributed by atoms with E-state index < -0.39 is 23.7 Å². The highest BCUT2D eigenvalue weighted by Gasteiger charge is 2.32. The van der Waals surface area contributed by atoms with Gasteiger partial charge in [-0.1, -0.05) is 5.16 Å². The van der Waals surface area contributed by atoms with Gasteiger partial charge in [-0.15, -0.1) is 13.2 Å². The maximum Gasteiger partial charge on any atom is 0.573 e. The number of carbonyl (C=O) groups excluding carboxylic acids is 2. The number of aromatic nitrogens is 2. The molecule has 204 valence electrons. The standard InChI is InChI=1S/C24H20ClF3N6O5/c1-23(7-8-30-18(12-23)20(35)29-2)37-16-5-3-14(4-6-16)31-22(36)32-15-9-13(19-33-21(25)39-34-19)10-17(11-15)38-24(26,27)28/h3-6,8-12H,7H2,1-2H3,(H,29,35)(H2,31,32,36). The van der Waals surface area contributed by atoms with Gasteiger partial charge in [0.15, 0.2) is 0 Å². The molecule has 0 saturated heterocycles. The number of aliphatic imine (C=N–C) groups is 1. The molecule has 3 N–H and O–H groups in total. The van der Waals surface area contributed by atoms with Gasteiger partial charge in [0.1, 0.15) is 22.8 Å². The van der Waals surface area contributed by atoms with Crippen molar-refractivity contribution in [3.8, 4) is 22.9 Å². The van der Waals surface area contributed by atoms with E-state index in [9.17, 15) is 22.8 Å². The Morgan fingerprint density at radius 1 is 1.08 bits per heavy atom. The van der Waals surface area contributed by atoms with Crippen LogP contribution >= 0.6 is 11.6 Å². The van der Waals surface area contributed by atoms with E-state index in [-0.39, 0.29) is 34.0 Å². The minimum absolute atomic E-state index is 0.0456. The monoisotopic (exact) mass is 564 g/mol. The van der Waals surface area contributed by atoms with Gasteiger partial charge in [0, 0.05) is 42.7 Å². The van der Waals surface area contributed by atoms with Gasteiger partial charge < -0.3 is 29.9 Å². The minimum atomic E-state index is -4.97. The SMILES string of the molecule is CNC(=O)C1=CC(C)(Oc2ccc(NC(=O)Nc3cc(OC(F)(F)F)cc(-c4noc(Cl)n4)c3)cc2)CC=N1. The summed E-state index contributed by atoms with van der Waals surface area (Å²) in [4.78, 5) is 32.3. The van der Waals surface area contributed by atoms with Crippen molar-refractivity contribution in [2.24, 2.45) is 4.99 Å². The summed E-state index contributed by atoms with van der Waals surface area (Å²) in [6.07, 6.45) is -1.32. The highest BCUT2D eigenvalue weighted by Crippen LogP contribution is 2.32. The average Bonchev–Trinajstić information content (AvgIpc) is 3.29. The molecule has 4 rings (SSSR count). The van der Waals surface area contributed by atoms with Crippen LogP contribution in [0.4, 0.5) is 29.3 Å². The number of amides is 3. The van der Waals surface area contributed by atoms with E-state index in [2.05, 4.69) is 40.3 Å². The Morgan fingerprint density at radius 2 is 1.79 bits per heavy atom.